The molecule has 2 aromatic rings. The molecule has 2 aromatic carbocycles. The molecule has 0 unspecified atom stereocenters. The van der Waals surface area contributed by atoms with Crippen LogP contribution in [0.5, 0.6) is 5.75 Å². The van der Waals surface area contributed by atoms with E-state index in [0.717, 1.165) is 31.2 Å². The van der Waals surface area contributed by atoms with Crippen LogP contribution < -0.4 is 10.1 Å². The Labute approximate surface area is 167 Å². The summed E-state index contributed by atoms with van der Waals surface area (Å²) in [5, 5.41) is 2.75. The van der Waals surface area contributed by atoms with E-state index in [-0.39, 0.29) is 18.5 Å². The van der Waals surface area contributed by atoms with E-state index in [1.807, 2.05) is 32.0 Å². The average molecular weight is 383 g/mol. The van der Waals surface area contributed by atoms with Gasteiger partial charge in [0.2, 0.25) is 0 Å². The molecule has 0 aliphatic carbocycles. The molecule has 0 radical (unpaired) electrons. The van der Waals surface area contributed by atoms with Gasteiger partial charge in [-0.2, -0.15) is 0 Å². The number of aryl methyl sites for hydroxylation is 2. The first-order chi connectivity index (χ1) is 13.5. The molecule has 0 aromatic heterocycles. The van der Waals surface area contributed by atoms with Gasteiger partial charge >= 0.3 is 5.97 Å². The van der Waals surface area contributed by atoms with E-state index in [1.165, 1.54) is 5.56 Å². The van der Waals surface area contributed by atoms with Crippen molar-refractivity contribution in [2.45, 2.75) is 46.5 Å². The van der Waals surface area contributed by atoms with Crippen molar-refractivity contribution in [3.05, 3.63) is 59.2 Å². The fraction of sp³-hybridized carbons (Fsp3) is 0.391. The molecule has 0 spiro atoms. The number of amides is 1. The molecular formula is C23H29NO4. The quantitative estimate of drug-likeness (QED) is 0.460. The average Bonchev–Trinajstić information content (AvgIpc) is 2.69. The summed E-state index contributed by atoms with van der Waals surface area (Å²) in [5.74, 6) is 0.0622. The molecule has 28 heavy (non-hydrogen) atoms. The van der Waals surface area contributed by atoms with Crippen LogP contribution in [0.25, 0.3) is 0 Å². The number of nitrogens with one attached hydrogen (secondary N) is 1. The Hall–Kier alpha value is -2.82. The monoisotopic (exact) mass is 383 g/mol. The van der Waals surface area contributed by atoms with Crippen LogP contribution in [0.2, 0.25) is 0 Å². The summed E-state index contributed by atoms with van der Waals surface area (Å²) in [6, 6.07) is 12.4. The highest BCUT2D eigenvalue weighted by molar-refractivity contribution is 5.93. The van der Waals surface area contributed by atoms with Crippen LogP contribution >= 0.6 is 0 Å². The molecule has 0 heterocycles. The molecule has 5 heteroatoms. The maximum absolute atomic E-state index is 12.1. The van der Waals surface area contributed by atoms with Crippen LogP contribution in [0.3, 0.4) is 0 Å². The van der Waals surface area contributed by atoms with E-state index >= 15 is 0 Å². The Morgan fingerprint density at radius 2 is 1.68 bits per heavy atom. The van der Waals surface area contributed by atoms with Gasteiger partial charge in [0.25, 0.3) is 5.91 Å². The van der Waals surface area contributed by atoms with Gasteiger partial charge < -0.3 is 14.8 Å². The lowest BCUT2D eigenvalue weighted by Crippen LogP contribution is -2.20. The highest BCUT2D eigenvalue weighted by Gasteiger charge is 2.09. The van der Waals surface area contributed by atoms with Crippen LogP contribution in [0.4, 0.5) is 5.69 Å². The highest BCUT2D eigenvalue weighted by atomic mass is 16.5. The number of esters is 1. The summed E-state index contributed by atoms with van der Waals surface area (Å²) in [6.45, 7) is 6.52. The van der Waals surface area contributed by atoms with Gasteiger partial charge in [0.1, 0.15) is 5.75 Å². The van der Waals surface area contributed by atoms with Crippen LogP contribution in [0, 0.1) is 13.8 Å². The normalized spacial score (nSPS) is 10.4. The van der Waals surface area contributed by atoms with Gasteiger partial charge in [0.05, 0.1) is 12.2 Å². The molecule has 0 saturated carbocycles. The first kappa shape index (κ1) is 21.5. The fourth-order valence-electron chi connectivity index (χ4n) is 2.62. The third kappa shape index (κ3) is 7.06. The van der Waals surface area contributed by atoms with Gasteiger partial charge in [-0.3, -0.25) is 4.79 Å². The number of hydrogen-bond donors (Lipinski definition) is 1. The third-order valence-electron chi connectivity index (χ3n) is 4.48. The van der Waals surface area contributed by atoms with Crippen molar-refractivity contribution in [2.75, 3.05) is 18.5 Å². The van der Waals surface area contributed by atoms with Gasteiger partial charge in [0.15, 0.2) is 6.61 Å². The topological polar surface area (TPSA) is 64.6 Å². The van der Waals surface area contributed by atoms with E-state index < -0.39 is 0 Å². The van der Waals surface area contributed by atoms with Gasteiger partial charge in [-0.1, -0.05) is 32.3 Å². The SMILES string of the molecule is CCCCCCOC(=O)c1ccc(NC(=O)COc2ccc(C)c(C)c2)cc1. The van der Waals surface area contributed by atoms with Gasteiger partial charge in [-0.05, 0) is 67.8 Å². The molecule has 5 nitrogen and oxygen atoms in total. The summed E-state index contributed by atoms with van der Waals surface area (Å²) in [7, 11) is 0. The van der Waals surface area contributed by atoms with Crippen LogP contribution in [-0.2, 0) is 9.53 Å². The predicted molar refractivity (Wildman–Crippen MR) is 111 cm³/mol. The summed E-state index contributed by atoms with van der Waals surface area (Å²) in [6.07, 6.45) is 4.25. The second-order valence-corrected chi connectivity index (χ2v) is 6.86. The molecule has 0 saturated heterocycles. The van der Waals surface area contributed by atoms with Crippen LogP contribution in [0.15, 0.2) is 42.5 Å². The van der Waals surface area contributed by atoms with Crippen molar-refractivity contribution in [3.8, 4) is 5.75 Å². The minimum atomic E-state index is -0.340. The number of ether oxygens (including phenoxy) is 2. The fourth-order valence-corrected chi connectivity index (χ4v) is 2.62. The molecule has 0 aliphatic heterocycles. The molecule has 0 fully saturated rings. The molecule has 150 valence electrons. The van der Waals surface area contributed by atoms with E-state index in [1.54, 1.807) is 24.3 Å². The zero-order chi connectivity index (χ0) is 20.4. The van der Waals surface area contributed by atoms with E-state index in [2.05, 4.69) is 12.2 Å². The van der Waals surface area contributed by atoms with Crippen LogP contribution in [-0.4, -0.2) is 25.1 Å². The third-order valence-corrected chi connectivity index (χ3v) is 4.48. The van der Waals surface area contributed by atoms with E-state index in [9.17, 15) is 9.59 Å². The molecule has 0 bridgehead atoms. The number of hydrogen-bond acceptors (Lipinski definition) is 4. The molecular weight excluding hydrogens is 354 g/mol. The number of anilines is 1. The Bertz CT molecular complexity index is 784. The first-order valence-corrected chi connectivity index (χ1v) is 9.76. The maximum atomic E-state index is 12.1. The molecule has 1 amide bonds. The standard InChI is InChI=1S/C23H29NO4/c1-4-5-6-7-14-27-23(26)19-9-11-20(12-10-19)24-22(25)16-28-21-13-8-17(2)18(3)15-21/h8-13,15H,4-7,14,16H2,1-3H3,(H,24,25). The van der Waals surface area contributed by atoms with Crippen molar-refractivity contribution in [1.29, 1.82) is 0 Å². The number of benzene rings is 2. The Kier molecular flexibility index (Phi) is 8.53. The minimum Gasteiger partial charge on any atom is -0.484 e. The van der Waals surface area contributed by atoms with Gasteiger partial charge in [-0.25, -0.2) is 4.79 Å². The smallest absolute Gasteiger partial charge is 0.338 e. The maximum Gasteiger partial charge on any atom is 0.338 e. The van der Waals surface area contributed by atoms with Crippen molar-refractivity contribution < 1.29 is 19.1 Å². The lowest BCUT2D eigenvalue weighted by atomic mass is 10.1. The predicted octanol–water partition coefficient (Wildman–Crippen LogP) is 5.06. The Morgan fingerprint density at radius 3 is 2.36 bits per heavy atom. The molecule has 0 aliphatic rings. The number of carbonyl (C=O) groups is 2. The van der Waals surface area contributed by atoms with Gasteiger partial charge in [-0.15, -0.1) is 0 Å². The lowest BCUT2D eigenvalue weighted by molar-refractivity contribution is -0.118. The van der Waals surface area contributed by atoms with Crippen molar-refractivity contribution in [2.24, 2.45) is 0 Å². The number of rotatable bonds is 10. The van der Waals surface area contributed by atoms with Crippen molar-refractivity contribution >= 4 is 17.6 Å². The molecule has 1 N–H and O–H groups in total. The largest absolute Gasteiger partial charge is 0.484 e. The zero-order valence-corrected chi connectivity index (χ0v) is 16.9. The lowest BCUT2D eigenvalue weighted by Gasteiger charge is -2.09. The Morgan fingerprint density at radius 1 is 0.929 bits per heavy atom. The summed E-state index contributed by atoms with van der Waals surface area (Å²) in [4.78, 5) is 24.0. The van der Waals surface area contributed by atoms with E-state index in [0.29, 0.717) is 23.6 Å². The van der Waals surface area contributed by atoms with Crippen molar-refractivity contribution in [3.63, 3.8) is 0 Å². The zero-order valence-electron chi connectivity index (χ0n) is 16.9. The summed E-state index contributed by atoms with van der Waals surface area (Å²) in [5.41, 5.74) is 3.37. The number of carbonyl (C=O) groups excluding carboxylic acids is 2. The summed E-state index contributed by atoms with van der Waals surface area (Å²) >= 11 is 0. The molecule has 0 atom stereocenters. The van der Waals surface area contributed by atoms with Crippen LogP contribution in [0.1, 0.15) is 54.1 Å². The first-order valence-electron chi connectivity index (χ1n) is 9.76. The van der Waals surface area contributed by atoms with Crippen molar-refractivity contribution in [1.82, 2.24) is 0 Å². The number of unbranched alkanes of at least 4 members (excludes halogenated alkanes) is 3. The highest BCUT2D eigenvalue weighted by Crippen LogP contribution is 2.16. The molecule has 2 rings (SSSR count). The van der Waals surface area contributed by atoms with E-state index in [4.69, 9.17) is 9.47 Å². The summed E-state index contributed by atoms with van der Waals surface area (Å²) < 4.78 is 10.8. The van der Waals surface area contributed by atoms with Gasteiger partial charge in [0, 0.05) is 5.69 Å². The Balaban J connectivity index is 1.77. The second kappa shape index (κ2) is 11.1. The second-order valence-electron chi connectivity index (χ2n) is 6.86. The minimum absolute atomic E-state index is 0.0793.